The molecule has 6 nitrogen and oxygen atoms in total. The molecule has 2 N–H and O–H groups in total. The van der Waals surface area contributed by atoms with E-state index in [2.05, 4.69) is 0 Å². The summed E-state index contributed by atoms with van der Waals surface area (Å²) in [6, 6.07) is 0. The molecule has 2 aliphatic rings. The molecule has 0 aromatic heterocycles. The number of hydrogen-bond acceptors (Lipinski definition) is 4. The van der Waals surface area contributed by atoms with Gasteiger partial charge in [-0.15, -0.1) is 0 Å². The fourth-order valence-corrected chi connectivity index (χ4v) is 2.95. The lowest BCUT2D eigenvalue weighted by Gasteiger charge is -2.34. The molecule has 2 amide bonds. The largest absolute Gasteiger partial charge is 0.388 e. The molecule has 0 radical (unpaired) electrons. The summed E-state index contributed by atoms with van der Waals surface area (Å²) in [7, 11) is 0. The predicted octanol–water partition coefficient (Wildman–Crippen LogP) is -0.555. The number of amides is 2. The van der Waals surface area contributed by atoms with Gasteiger partial charge in [0.1, 0.15) is 0 Å². The summed E-state index contributed by atoms with van der Waals surface area (Å²) in [6.07, 6.45) is -0.108. The molecule has 3 atom stereocenters. The Balaban J connectivity index is 1.95. The Bertz CT molecular complexity index is 375. The van der Waals surface area contributed by atoms with Crippen LogP contribution in [-0.4, -0.2) is 70.2 Å². The summed E-state index contributed by atoms with van der Waals surface area (Å²) in [5.74, 6) is -0.228. The molecule has 0 aromatic rings. The van der Waals surface area contributed by atoms with Crippen molar-refractivity contribution in [2.24, 2.45) is 11.8 Å². The highest BCUT2D eigenvalue weighted by Crippen LogP contribution is 2.22. The number of carbonyl (C=O) groups is 2. The minimum atomic E-state index is -0.851. The molecule has 2 fully saturated rings. The average Bonchev–Trinajstić information content (AvgIpc) is 2.77. The highest BCUT2D eigenvalue weighted by Gasteiger charge is 2.37. The van der Waals surface area contributed by atoms with Gasteiger partial charge in [-0.3, -0.25) is 9.59 Å². The molecular weight excluding hydrogens is 260 g/mol. The van der Waals surface area contributed by atoms with Crippen molar-refractivity contribution in [3.8, 4) is 0 Å². The molecular formula is C14H24N2O4. The normalized spacial score (nSPS) is 30.9. The van der Waals surface area contributed by atoms with Crippen molar-refractivity contribution < 1.29 is 19.8 Å². The number of aliphatic hydroxyl groups excluding tert-OH is 2. The van der Waals surface area contributed by atoms with Crippen molar-refractivity contribution in [1.29, 1.82) is 0 Å². The zero-order valence-corrected chi connectivity index (χ0v) is 12.2. The number of rotatable bonds is 2. The highest BCUT2D eigenvalue weighted by atomic mass is 16.3. The minimum absolute atomic E-state index is 0.0538. The molecule has 6 heteroatoms. The van der Waals surface area contributed by atoms with Crippen molar-refractivity contribution in [2.75, 3.05) is 26.2 Å². The number of piperidine rings is 1. The van der Waals surface area contributed by atoms with Gasteiger partial charge in [0, 0.05) is 32.1 Å². The first-order valence-corrected chi connectivity index (χ1v) is 7.34. The summed E-state index contributed by atoms with van der Waals surface area (Å²) < 4.78 is 0. The van der Waals surface area contributed by atoms with E-state index in [1.54, 1.807) is 4.90 Å². The lowest BCUT2D eigenvalue weighted by atomic mass is 9.95. The SMILES string of the molecule is CC(C)C(=O)N1CCCC(C(=O)N2CC(O)C(O)C2)C1. The third kappa shape index (κ3) is 3.12. The topological polar surface area (TPSA) is 81.1 Å². The zero-order chi connectivity index (χ0) is 14.9. The van der Waals surface area contributed by atoms with Crippen molar-refractivity contribution in [1.82, 2.24) is 9.80 Å². The second-order valence-corrected chi connectivity index (χ2v) is 6.16. The van der Waals surface area contributed by atoms with E-state index in [4.69, 9.17) is 0 Å². The van der Waals surface area contributed by atoms with E-state index < -0.39 is 12.2 Å². The molecule has 20 heavy (non-hydrogen) atoms. The van der Waals surface area contributed by atoms with E-state index in [1.165, 1.54) is 4.90 Å². The molecule has 2 aliphatic heterocycles. The smallest absolute Gasteiger partial charge is 0.227 e. The van der Waals surface area contributed by atoms with E-state index in [1.807, 2.05) is 13.8 Å². The van der Waals surface area contributed by atoms with Crippen LogP contribution in [0.25, 0.3) is 0 Å². The lowest BCUT2D eigenvalue weighted by Crippen LogP contribution is -2.47. The van der Waals surface area contributed by atoms with Gasteiger partial charge in [-0.2, -0.15) is 0 Å². The predicted molar refractivity (Wildman–Crippen MR) is 72.7 cm³/mol. The van der Waals surface area contributed by atoms with Crippen LogP contribution in [0.2, 0.25) is 0 Å². The molecule has 0 saturated carbocycles. The van der Waals surface area contributed by atoms with Gasteiger partial charge in [0.15, 0.2) is 0 Å². The number of β-amino-alcohol motifs (C(OH)–C–C–N with tert-alkyl or cyclic N) is 2. The Morgan fingerprint density at radius 3 is 2.20 bits per heavy atom. The van der Waals surface area contributed by atoms with E-state index >= 15 is 0 Å². The van der Waals surface area contributed by atoms with Crippen molar-refractivity contribution in [3.05, 3.63) is 0 Å². The minimum Gasteiger partial charge on any atom is -0.388 e. The maximum atomic E-state index is 12.4. The standard InChI is InChI=1S/C14H24N2O4/c1-9(2)13(19)15-5-3-4-10(6-15)14(20)16-7-11(17)12(18)8-16/h9-12,17-18H,3-8H2,1-2H3. The maximum Gasteiger partial charge on any atom is 0.227 e. The molecule has 2 rings (SSSR count). The highest BCUT2D eigenvalue weighted by molar-refractivity contribution is 5.82. The van der Waals surface area contributed by atoms with Crippen LogP contribution in [0.3, 0.4) is 0 Å². The Morgan fingerprint density at radius 1 is 1.05 bits per heavy atom. The Kier molecular flexibility index (Phi) is 4.65. The third-order valence-corrected chi connectivity index (χ3v) is 4.15. The van der Waals surface area contributed by atoms with Crippen LogP contribution in [0.1, 0.15) is 26.7 Å². The fourth-order valence-electron chi connectivity index (χ4n) is 2.95. The molecule has 114 valence electrons. The first-order valence-electron chi connectivity index (χ1n) is 7.34. The summed E-state index contributed by atoms with van der Waals surface area (Å²) in [6.45, 7) is 5.27. The van der Waals surface area contributed by atoms with Gasteiger partial charge in [0.05, 0.1) is 18.1 Å². The summed E-state index contributed by atoms with van der Waals surface area (Å²) >= 11 is 0. The van der Waals surface area contributed by atoms with Gasteiger partial charge in [-0.05, 0) is 12.8 Å². The molecule has 0 aromatic carbocycles. The fraction of sp³-hybridized carbons (Fsp3) is 0.857. The average molecular weight is 284 g/mol. The van der Waals surface area contributed by atoms with Crippen molar-refractivity contribution in [3.63, 3.8) is 0 Å². The van der Waals surface area contributed by atoms with Crippen LogP contribution < -0.4 is 0 Å². The van der Waals surface area contributed by atoms with Gasteiger partial charge in [0.25, 0.3) is 0 Å². The Labute approximate surface area is 119 Å². The molecule has 0 spiro atoms. The van der Waals surface area contributed by atoms with Crippen molar-refractivity contribution in [2.45, 2.75) is 38.9 Å². The number of aliphatic hydroxyl groups is 2. The van der Waals surface area contributed by atoms with E-state index in [0.29, 0.717) is 13.1 Å². The quantitative estimate of drug-likeness (QED) is 0.712. The molecule has 2 heterocycles. The van der Waals surface area contributed by atoms with E-state index in [9.17, 15) is 19.8 Å². The van der Waals surface area contributed by atoms with Gasteiger partial charge in [-0.1, -0.05) is 13.8 Å². The van der Waals surface area contributed by atoms with Gasteiger partial charge < -0.3 is 20.0 Å². The lowest BCUT2D eigenvalue weighted by molar-refractivity contribution is -0.142. The van der Waals surface area contributed by atoms with Gasteiger partial charge in [-0.25, -0.2) is 0 Å². The molecule has 2 saturated heterocycles. The van der Waals surface area contributed by atoms with Crippen LogP contribution in [0.4, 0.5) is 0 Å². The molecule has 3 unspecified atom stereocenters. The summed E-state index contributed by atoms with van der Waals surface area (Å²) in [5.41, 5.74) is 0. The van der Waals surface area contributed by atoms with Crippen LogP contribution >= 0.6 is 0 Å². The van der Waals surface area contributed by atoms with Crippen LogP contribution in [-0.2, 0) is 9.59 Å². The summed E-state index contributed by atoms with van der Waals surface area (Å²) in [5, 5.41) is 19.0. The third-order valence-electron chi connectivity index (χ3n) is 4.15. The Morgan fingerprint density at radius 2 is 1.65 bits per heavy atom. The zero-order valence-electron chi connectivity index (χ0n) is 12.2. The number of hydrogen-bond donors (Lipinski definition) is 2. The number of carbonyl (C=O) groups excluding carboxylic acids is 2. The van der Waals surface area contributed by atoms with Crippen molar-refractivity contribution >= 4 is 11.8 Å². The molecule has 0 bridgehead atoms. The van der Waals surface area contributed by atoms with Crippen LogP contribution in [0, 0.1) is 11.8 Å². The maximum absolute atomic E-state index is 12.4. The van der Waals surface area contributed by atoms with Crippen LogP contribution in [0.5, 0.6) is 0 Å². The first-order chi connectivity index (χ1) is 9.40. The summed E-state index contributed by atoms with van der Waals surface area (Å²) in [4.78, 5) is 27.7. The van der Waals surface area contributed by atoms with E-state index in [-0.39, 0.29) is 36.7 Å². The van der Waals surface area contributed by atoms with Gasteiger partial charge >= 0.3 is 0 Å². The molecule has 0 aliphatic carbocycles. The second kappa shape index (κ2) is 6.10. The van der Waals surface area contributed by atoms with E-state index in [0.717, 1.165) is 12.8 Å². The first kappa shape index (κ1) is 15.3. The monoisotopic (exact) mass is 284 g/mol. The van der Waals surface area contributed by atoms with Gasteiger partial charge in [0.2, 0.25) is 11.8 Å². The van der Waals surface area contributed by atoms with Crippen LogP contribution in [0.15, 0.2) is 0 Å². The number of nitrogens with zero attached hydrogens (tertiary/aromatic N) is 2. The second-order valence-electron chi connectivity index (χ2n) is 6.16. The number of likely N-dealkylation sites (tertiary alicyclic amines) is 2. The Hall–Kier alpha value is -1.14.